The Morgan fingerprint density at radius 2 is 1.74 bits per heavy atom. The Morgan fingerprint density at radius 1 is 1.03 bits per heavy atom. The van der Waals surface area contributed by atoms with Crippen LogP contribution in [-0.2, 0) is 0 Å². The van der Waals surface area contributed by atoms with Crippen LogP contribution in [0.15, 0.2) is 48.5 Å². The summed E-state index contributed by atoms with van der Waals surface area (Å²) in [4.78, 5) is 2.38. The Labute approximate surface area is 186 Å². The smallest absolute Gasteiger partial charge is 0.119 e. The van der Waals surface area contributed by atoms with Crippen molar-refractivity contribution in [3.05, 3.63) is 54.1 Å². The number of aliphatic hydroxyl groups is 1. The predicted molar refractivity (Wildman–Crippen MR) is 125 cm³/mol. The van der Waals surface area contributed by atoms with E-state index in [0.29, 0.717) is 0 Å². The maximum absolute atomic E-state index is 10.1. The van der Waals surface area contributed by atoms with E-state index in [-0.39, 0.29) is 12.0 Å². The lowest BCUT2D eigenvalue weighted by Crippen LogP contribution is -2.33. The molecule has 168 valence electrons. The van der Waals surface area contributed by atoms with E-state index in [1.165, 1.54) is 24.9 Å². The van der Waals surface area contributed by atoms with Crippen molar-refractivity contribution >= 4 is 5.69 Å². The molecule has 0 bridgehead atoms. The lowest BCUT2D eigenvalue weighted by atomic mass is 9.86. The van der Waals surface area contributed by atoms with Crippen molar-refractivity contribution in [1.82, 2.24) is 5.32 Å². The first-order valence-corrected chi connectivity index (χ1v) is 11.8. The predicted octanol–water partition coefficient (Wildman–Crippen LogP) is 4.55. The van der Waals surface area contributed by atoms with Crippen molar-refractivity contribution in [2.24, 2.45) is 5.92 Å². The summed E-state index contributed by atoms with van der Waals surface area (Å²) in [6.45, 7) is 7.51. The zero-order chi connectivity index (χ0) is 21.6. The molecule has 3 unspecified atom stereocenters. The third-order valence-corrected chi connectivity index (χ3v) is 6.65. The molecule has 1 heterocycles. The Morgan fingerprint density at radius 3 is 2.39 bits per heavy atom. The van der Waals surface area contributed by atoms with Crippen LogP contribution in [0.2, 0.25) is 0 Å². The van der Waals surface area contributed by atoms with Gasteiger partial charge in [-0.3, -0.25) is 5.32 Å². The minimum atomic E-state index is -0.532. The number of anilines is 1. The van der Waals surface area contributed by atoms with Crippen LogP contribution in [0.25, 0.3) is 0 Å². The fourth-order valence-electron chi connectivity index (χ4n) is 4.30. The Balaban J connectivity index is 1.26. The molecule has 0 aromatic heterocycles. The number of hydrogen-bond donors (Lipinski definition) is 2. The molecule has 3 atom stereocenters. The number of hydrogen-bond acceptors (Lipinski definition) is 5. The molecular weight excluding hydrogens is 388 g/mol. The van der Waals surface area contributed by atoms with Crippen LogP contribution < -0.4 is 19.7 Å². The first-order chi connectivity index (χ1) is 15.1. The number of nitrogens with one attached hydrogen (secondary N) is 1. The van der Waals surface area contributed by atoms with Gasteiger partial charge in [0.25, 0.3) is 0 Å². The van der Waals surface area contributed by atoms with E-state index in [1.807, 2.05) is 26.0 Å². The van der Waals surface area contributed by atoms with Gasteiger partial charge >= 0.3 is 0 Å². The second-order valence-electron chi connectivity index (χ2n) is 8.94. The summed E-state index contributed by atoms with van der Waals surface area (Å²) in [5.74, 6) is 2.65. The number of benzene rings is 2. The van der Waals surface area contributed by atoms with E-state index in [9.17, 15) is 5.11 Å². The summed E-state index contributed by atoms with van der Waals surface area (Å²) >= 11 is 0. The van der Waals surface area contributed by atoms with E-state index in [1.54, 1.807) is 0 Å². The van der Waals surface area contributed by atoms with Crippen molar-refractivity contribution < 1.29 is 14.6 Å². The van der Waals surface area contributed by atoms with Crippen LogP contribution in [0.3, 0.4) is 0 Å². The van der Waals surface area contributed by atoms with Gasteiger partial charge in [0.05, 0.1) is 13.2 Å². The first-order valence-electron chi connectivity index (χ1n) is 11.8. The van der Waals surface area contributed by atoms with Crippen molar-refractivity contribution in [1.29, 1.82) is 0 Å². The molecule has 0 radical (unpaired) electrons. The largest absolute Gasteiger partial charge is 0.493 e. The van der Waals surface area contributed by atoms with Crippen LogP contribution in [0.1, 0.15) is 51.0 Å². The molecule has 5 nitrogen and oxygen atoms in total. The third-order valence-electron chi connectivity index (χ3n) is 6.65. The van der Waals surface area contributed by atoms with Gasteiger partial charge in [-0.2, -0.15) is 0 Å². The molecule has 2 aromatic rings. The standard InChI is InChI=1S/C26H36N2O3/c1-3-27-26(29)19(2)21-7-11-24(12-8-21)31-25-15-16-28(17-25)22-9-13-23(14-10-22)30-18-20-5-4-6-20/h7-14,19-20,25-27,29H,3-6,15-18H2,1-2H3. The van der Waals surface area contributed by atoms with Crippen LogP contribution in [0, 0.1) is 5.92 Å². The average molecular weight is 425 g/mol. The minimum Gasteiger partial charge on any atom is -0.493 e. The number of likely N-dealkylation sites (N-methyl/N-ethyl adjacent to an activating group) is 1. The van der Waals surface area contributed by atoms with Crippen LogP contribution in [0.4, 0.5) is 5.69 Å². The molecule has 0 amide bonds. The van der Waals surface area contributed by atoms with Gasteiger partial charge in [-0.1, -0.05) is 32.4 Å². The Hall–Kier alpha value is -2.24. The van der Waals surface area contributed by atoms with E-state index in [4.69, 9.17) is 9.47 Å². The lowest BCUT2D eigenvalue weighted by molar-refractivity contribution is 0.115. The summed E-state index contributed by atoms with van der Waals surface area (Å²) in [6.07, 6.45) is 4.64. The van der Waals surface area contributed by atoms with Gasteiger partial charge in [-0.25, -0.2) is 0 Å². The number of aliphatic hydroxyl groups excluding tert-OH is 1. The summed E-state index contributed by atoms with van der Waals surface area (Å²) in [5.41, 5.74) is 2.33. The van der Waals surface area contributed by atoms with Crippen molar-refractivity contribution in [2.45, 2.75) is 57.8 Å². The number of ether oxygens (including phenoxy) is 2. The second-order valence-corrected chi connectivity index (χ2v) is 8.94. The molecule has 1 saturated heterocycles. The average Bonchev–Trinajstić information content (AvgIpc) is 3.22. The van der Waals surface area contributed by atoms with Gasteiger partial charge in [0, 0.05) is 24.6 Å². The molecule has 2 N–H and O–H groups in total. The maximum atomic E-state index is 10.1. The molecule has 2 aliphatic rings. The highest BCUT2D eigenvalue weighted by Crippen LogP contribution is 2.29. The second kappa shape index (κ2) is 10.4. The molecule has 1 aliphatic heterocycles. The van der Waals surface area contributed by atoms with Crippen molar-refractivity contribution in [3.63, 3.8) is 0 Å². The van der Waals surface area contributed by atoms with E-state index in [2.05, 4.69) is 46.6 Å². The maximum Gasteiger partial charge on any atom is 0.119 e. The molecular formula is C26H36N2O3. The van der Waals surface area contributed by atoms with Crippen molar-refractivity contribution in [2.75, 3.05) is 31.1 Å². The van der Waals surface area contributed by atoms with E-state index < -0.39 is 6.23 Å². The fraction of sp³-hybridized carbons (Fsp3) is 0.538. The van der Waals surface area contributed by atoms with Crippen LogP contribution in [-0.4, -0.2) is 43.7 Å². The minimum absolute atomic E-state index is 0.0386. The molecule has 31 heavy (non-hydrogen) atoms. The molecule has 4 rings (SSSR count). The monoisotopic (exact) mass is 424 g/mol. The zero-order valence-electron chi connectivity index (χ0n) is 18.8. The van der Waals surface area contributed by atoms with Gasteiger partial charge < -0.3 is 19.5 Å². The summed E-state index contributed by atoms with van der Waals surface area (Å²) < 4.78 is 12.2. The highest BCUT2D eigenvalue weighted by molar-refractivity contribution is 5.50. The first kappa shape index (κ1) is 22.0. The van der Waals surface area contributed by atoms with E-state index >= 15 is 0 Å². The Kier molecular flexibility index (Phi) is 7.36. The number of nitrogens with zero attached hydrogens (tertiary/aromatic N) is 1. The highest BCUT2D eigenvalue weighted by atomic mass is 16.5. The molecule has 1 aliphatic carbocycles. The molecule has 2 aromatic carbocycles. The third kappa shape index (κ3) is 5.72. The highest BCUT2D eigenvalue weighted by Gasteiger charge is 2.25. The molecule has 0 spiro atoms. The molecule has 2 fully saturated rings. The van der Waals surface area contributed by atoms with Gasteiger partial charge in [0.1, 0.15) is 23.8 Å². The quantitative estimate of drug-likeness (QED) is 0.548. The topological polar surface area (TPSA) is 54.0 Å². The van der Waals surface area contributed by atoms with Crippen LogP contribution >= 0.6 is 0 Å². The van der Waals surface area contributed by atoms with Crippen molar-refractivity contribution in [3.8, 4) is 11.5 Å². The normalized spacial score (nSPS) is 20.9. The molecule has 1 saturated carbocycles. The lowest BCUT2D eigenvalue weighted by Gasteiger charge is -2.25. The van der Waals surface area contributed by atoms with Gasteiger partial charge in [-0.15, -0.1) is 0 Å². The van der Waals surface area contributed by atoms with Gasteiger partial charge in [0.2, 0.25) is 0 Å². The summed E-state index contributed by atoms with van der Waals surface area (Å²) in [7, 11) is 0. The zero-order valence-corrected chi connectivity index (χ0v) is 18.8. The Bertz CT molecular complexity index is 804. The van der Waals surface area contributed by atoms with Crippen LogP contribution in [0.5, 0.6) is 11.5 Å². The molecule has 5 heteroatoms. The summed E-state index contributed by atoms with van der Waals surface area (Å²) in [6, 6.07) is 16.6. The van der Waals surface area contributed by atoms with Gasteiger partial charge in [-0.05, 0) is 67.3 Å². The van der Waals surface area contributed by atoms with Gasteiger partial charge in [0.15, 0.2) is 0 Å². The SMILES string of the molecule is CCNC(O)C(C)c1ccc(OC2CCN(c3ccc(OCC4CCC4)cc3)C2)cc1. The van der Waals surface area contributed by atoms with E-state index in [0.717, 1.165) is 55.6 Å². The fourth-order valence-corrected chi connectivity index (χ4v) is 4.30. The number of rotatable bonds is 10. The summed E-state index contributed by atoms with van der Waals surface area (Å²) in [5, 5.41) is 13.2.